The first-order valence-electron chi connectivity index (χ1n) is 11.5. The highest BCUT2D eigenvalue weighted by atomic mass is 35.5. The lowest BCUT2D eigenvalue weighted by Crippen LogP contribution is -2.40. The normalized spacial score (nSPS) is 15.5. The molecule has 1 fully saturated rings. The molecule has 1 atom stereocenters. The van der Waals surface area contributed by atoms with Gasteiger partial charge in [-0.3, -0.25) is 9.69 Å². The number of hydrogen-bond donors (Lipinski definition) is 4. The third-order valence-electron chi connectivity index (χ3n) is 6.17. The van der Waals surface area contributed by atoms with E-state index in [0.717, 1.165) is 44.3 Å². The number of halogens is 2. The Morgan fingerprint density at radius 2 is 1.94 bits per heavy atom. The second-order valence-electron chi connectivity index (χ2n) is 8.59. The molecule has 188 valence electrons. The minimum absolute atomic E-state index is 0. The number of aromatic nitrogens is 4. The average molecular weight is 514 g/mol. The third kappa shape index (κ3) is 8.79. The van der Waals surface area contributed by atoms with Crippen molar-refractivity contribution < 1.29 is 14.8 Å². The Kier molecular flexibility index (Phi) is 12.2. The van der Waals surface area contributed by atoms with Crippen molar-refractivity contribution in [1.29, 1.82) is 0 Å². The molecular formula is C21H34BCl2N7O3. The summed E-state index contributed by atoms with van der Waals surface area (Å²) >= 11 is 5.91. The molecule has 1 aromatic heterocycles. The highest BCUT2D eigenvalue weighted by Gasteiger charge is 2.29. The van der Waals surface area contributed by atoms with Crippen LogP contribution in [0.25, 0.3) is 0 Å². The van der Waals surface area contributed by atoms with Crippen LogP contribution in [0.5, 0.6) is 0 Å². The van der Waals surface area contributed by atoms with Gasteiger partial charge in [-0.15, -0.1) is 17.5 Å². The van der Waals surface area contributed by atoms with Gasteiger partial charge >= 0.3 is 7.12 Å². The number of carbonyl (C=O) groups excluding carboxylic acids is 1. The summed E-state index contributed by atoms with van der Waals surface area (Å²) in [7, 11) is -1.29. The maximum atomic E-state index is 12.6. The Hall–Kier alpha value is -1.76. The summed E-state index contributed by atoms with van der Waals surface area (Å²) in [6.45, 7) is 2.90. The van der Waals surface area contributed by atoms with Crippen molar-refractivity contribution in [1.82, 2.24) is 30.4 Å². The number of nitrogens with one attached hydrogen (secondary N) is 1. The van der Waals surface area contributed by atoms with Gasteiger partial charge in [-0.2, -0.15) is 0 Å². The van der Waals surface area contributed by atoms with E-state index in [1.165, 1.54) is 0 Å². The molecule has 0 bridgehead atoms. The molecular weight excluding hydrogens is 480 g/mol. The summed E-state index contributed by atoms with van der Waals surface area (Å²) in [4.78, 5) is 14.9. The lowest BCUT2D eigenvalue weighted by molar-refractivity contribution is -0.122. The zero-order valence-electron chi connectivity index (χ0n) is 19.2. The Morgan fingerprint density at radius 3 is 2.59 bits per heavy atom. The summed E-state index contributed by atoms with van der Waals surface area (Å²) < 4.78 is 1.57. The van der Waals surface area contributed by atoms with Crippen LogP contribution in [-0.2, 0) is 17.9 Å². The van der Waals surface area contributed by atoms with E-state index >= 15 is 0 Å². The Morgan fingerprint density at radius 1 is 1.24 bits per heavy atom. The van der Waals surface area contributed by atoms with Crippen molar-refractivity contribution in [3.05, 3.63) is 40.7 Å². The Bertz CT molecular complexity index is 864. The van der Waals surface area contributed by atoms with Crippen LogP contribution in [0.4, 0.5) is 0 Å². The predicted octanol–water partition coefficient (Wildman–Crippen LogP) is 1.42. The van der Waals surface area contributed by atoms with E-state index in [-0.39, 0.29) is 30.9 Å². The van der Waals surface area contributed by atoms with E-state index in [1.54, 1.807) is 16.8 Å². The standard InChI is InChI=1S/C21H33BClN7O3.ClH/c23-18-6-4-17(5-7-18)14-25-20(31)15-30-21(26-27-28-30)19(3-1-2-10-22(32)33)29-11-8-16(13-24)9-12-29;/h4-7,16,19,32-33H,1-3,8-15,24H2,(H,25,31);1H. The molecule has 1 saturated heterocycles. The molecule has 1 aromatic carbocycles. The molecule has 1 aliphatic rings. The van der Waals surface area contributed by atoms with E-state index < -0.39 is 7.12 Å². The predicted molar refractivity (Wildman–Crippen MR) is 133 cm³/mol. The molecule has 1 unspecified atom stereocenters. The number of nitrogens with two attached hydrogens (primary N) is 1. The van der Waals surface area contributed by atoms with Crippen LogP contribution in [-0.4, -0.2) is 67.8 Å². The molecule has 34 heavy (non-hydrogen) atoms. The Labute approximate surface area is 211 Å². The molecule has 1 amide bonds. The summed E-state index contributed by atoms with van der Waals surface area (Å²) in [6.07, 6.45) is 4.63. The van der Waals surface area contributed by atoms with Gasteiger partial charge in [0, 0.05) is 11.6 Å². The SMILES string of the molecule is Cl.NCC1CCN(C(CCCCB(O)O)c2nnnn2CC(=O)NCc2ccc(Cl)cc2)CC1. The van der Waals surface area contributed by atoms with Crippen LogP contribution in [0.1, 0.15) is 49.5 Å². The highest BCUT2D eigenvalue weighted by molar-refractivity contribution is 6.40. The summed E-state index contributed by atoms with van der Waals surface area (Å²) in [5, 5.41) is 34.0. The molecule has 0 spiro atoms. The van der Waals surface area contributed by atoms with E-state index in [9.17, 15) is 4.79 Å². The number of tetrazole rings is 1. The molecule has 0 radical (unpaired) electrons. The molecule has 0 saturated carbocycles. The third-order valence-corrected chi connectivity index (χ3v) is 6.42. The minimum atomic E-state index is -1.29. The second-order valence-corrected chi connectivity index (χ2v) is 9.03. The lowest BCUT2D eigenvalue weighted by Gasteiger charge is -2.36. The largest absolute Gasteiger partial charge is 0.451 e. The van der Waals surface area contributed by atoms with Gasteiger partial charge in [0.25, 0.3) is 0 Å². The van der Waals surface area contributed by atoms with Gasteiger partial charge in [0.2, 0.25) is 5.91 Å². The van der Waals surface area contributed by atoms with Gasteiger partial charge in [0.15, 0.2) is 5.82 Å². The van der Waals surface area contributed by atoms with E-state index in [0.29, 0.717) is 42.6 Å². The molecule has 1 aliphatic heterocycles. The molecule has 13 heteroatoms. The maximum Gasteiger partial charge on any atom is 0.451 e. The van der Waals surface area contributed by atoms with Crippen LogP contribution in [0.3, 0.4) is 0 Å². The lowest BCUT2D eigenvalue weighted by atomic mass is 9.83. The molecule has 0 aliphatic carbocycles. The van der Waals surface area contributed by atoms with Crippen LogP contribution in [0.2, 0.25) is 11.3 Å². The zero-order chi connectivity index (χ0) is 23.6. The summed E-state index contributed by atoms with van der Waals surface area (Å²) in [5.74, 6) is 1.01. The zero-order valence-corrected chi connectivity index (χ0v) is 20.8. The summed E-state index contributed by atoms with van der Waals surface area (Å²) in [5.41, 5.74) is 6.80. The molecule has 5 N–H and O–H groups in total. The number of hydrogen-bond acceptors (Lipinski definition) is 8. The maximum absolute atomic E-state index is 12.6. The van der Waals surface area contributed by atoms with Gasteiger partial charge in [0.1, 0.15) is 6.54 Å². The fraction of sp³-hybridized carbons (Fsp3) is 0.619. The minimum Gasteiger partial charge on any atom is -0.427 e. The van der Waals surface area contributed by atoms with Crippen molar-refractivity contribution in [2.45, 2.75) is 57.6 Å². The first-order chi connectivity index (χ1) is 16.0. The smallest absolute Gasteiger partial charge is 0.427 e. The molecule has 2 aromatic rings. The van der Waals surface area contributed by atoms with Crippen LogP contribution >= 0.6 is 24.0 Å². The number of rotatable bonds is 12. The fourth-order valence-corrected chi connectivity index (χ4v) is 4.32. The number of amides is 1. The van der Waals surface area contributed by atoms with Gasteiger partial charge in [-0.1, -0.05) is 36.6 Å². The molecule has 10 nitrogen and oxygen atoms in total. The average Bonchev–Trinajstić information content (AvgIpc) is 3.26. The quantitative estimate of drug-likeness (QED) is 0.246. The number of nitrogens with zero attached hydrogens (tertiary/aromatic N) is 5. The van der Waals surface area contributed by atoms with Gasteiger partial charge < -0.3 is 21.1 Å². The fourth-order valence-electron chi connectivity index (χ4n) is 4.20. The number of piperidine rings is 1. The molecule has 2 heterocycles. The van der Waals surface area contributed by atoms with Gasteiger partial charge in [-0.25, -0.2) is 4.68 Å². The molecule has 3 rings (SSSR count). The number of likely N-dealkylation sites (tertiary alicyclic amines) is 1. The number of benzene rings is 1. The van der Waals surface area contributed by atoms with Crippen molar-refractivity contribution in [3.8, 4) is 0 Å². The van der Waals surface area contributed by atoms with E-state index in [2.05, 4.69) is 25.7 Å². The monoisotopic (exact) mass is 513 g/mol. The number of unbranched alkanes of at least 4 members (excludes halogenated alkanes) is 1. The highest BCUT2D eigenvalue weighted by Crippen LogP contribution is 2.29. The van der Waals surface area contributed by atoms with Gasteiger partial charge in [0.05, 0.1) is 6.04 Å². The topological polar surface area (TPSA) is 142 Å². The van der Waals surface area contributed by atoms with Crippen LogP contribution in [0.15, 0.2) is 24.3 Å². The van der Waals surface area contributed by atoms with E-state index in [1.807, 2.05) is 12.1 Å². The van der Waals surface area contributed by atoms with Crippen LogP contribution in [0, 0.1) is 5.92 Å². The Balaban J connectivity index is 0.00000408. The van der Waals surface area contributed by atoms with Crippen molar-refractivity contribution in [3.63, 3.8) is 0 Å². The van der Waals surface area contributed by atoms with Crippen molar-refractivity contribution >= 4 is 37.0 Å². The van der Waals surface area contributed by atoms with Gasteiger partial charge in [-0.05, 0) is 79.3 Å². The van der Waals surface area contributed by atoms with Crippen molar-refractivity contribution in [2.24, 2.45) is 11.7 Å². The van der Waals surface area contributed by atoms with Crippen LogP contribution < -0.4 is 11.1 Å². The first-order valence-corrected chi connectivity index (χ1v) is 11.9. The number of carbonyl (C=O) groups is 1. The first kappa shape index (κ1) is 28.5. The van der Waals surface area contributed by atoms with Crippen molar-refractivity contribution in [2.75, 3.05) is 19.6 Å². The summed E-state index contributed by atoms with van der Waals surface area (Å²) in [6, 6.07) is 7.27. The van der Waals surface area contributed by atoms with E-state index in [4.69, 9.17) is 27.4 Å². The second kappa shape index (κ2) is 14.6.